The topological polar surface area (TPSA) is 100 Å². The van der Waals surface area contributed by atoms with Crippen LogP contribution in [0.3, 0.4) is 0 Å². The van der Waals surface area contributed by atoms with Gasteiger partial charge in [0.05, 0.1) is 12.2 Å². The summed E-state index contributed by atoms with van der Waals surface area (Å²) in [5.74, 6) is -1.31. The number of esters is 2. The summed E-state index contributed by atoms with van der Waals surface area (Å²) >= 11 is 1.38. The van der Waals surface area contributed by atoms with E-state index in [0.29, 0.717) is 23.1 Å². The first kappa shape index (κ1) is 20.2. The number of ether oxygens (including phenoxy) is 4. The second-order valence-electron chi connectivity index (χ2n) is 6.60. The first-order valence-electron chi connectivity index (χ1n) is 9.22. The van der Waals surface area contributed by atoms with Gasteiger partial charge in [0, 0.05) is 4.88 Å². The maximum Gasteiger partial charge on any atom is 0.377 e. The lowest BCUT2D eigenvalue weighted by molar-refractivity contribution is -0.148. The summed E-state index contributed by atoms with van der Waals surface area (Å²) in [5.41, 5.74) is 1.37. The lowest BCUT2D eigenvalue weighted by Gasteiger charge is -2.18. The van der Waals surface area contributed by atoms with Gasteiger partial charge in [-0.15, -0.1) is 11.3 Å². The van der Waals surface area contributed by atoms with Crippen molar-refractivity contribution < 1.29 is 33.3 Å². The second kappa shape index (κ2) is 9.09. The fourth-order valence-electron chi connectivity index (χ4n) is 3.10. The van der Waals surface area contributed by atoms with Crippen LogP contribution in [0.15, 0.2) is 12.0 Å². The molecule has 0 saturated carbocycles. The summed E-state index contributed by atoms with van der Waals surface area (Å²) in [7, 11) is 0. The highest BCUT2D eigenvalue weighted by Gasteiger charge is 2.29. The lowest BCUT2D eigenvalue weighted by Crippen LogP contribution is -2.24. The van der Waals surface area contributed by atoms with Crippen molar-refractivity contribution in [3.8, 4) is 0 Å². The van der Waals surface area contributed by atoms with Gasteiger partial charge >= 0.3 is 11.9 Å². The van der Waals surface area contributed by atoms with E-state index in [-0.39, 0.29) is 19.0 Å². The summed E-state index contributed by atoms with van der Waals surface area (Å²) in [6.07, 6.45) is 3.79. The van der Waals surface area contributed by atoms with Crippen LogP contribution in [-0.4, -0.2) is 44.3 Å². The van der Waals surface area contributed by atoms with Crippen LogP contribution in [0.4, 0.5) is 5.00 Å². The molecule has 1 aromatic rings. The van der Waals surface area contributed by atoms with Crippen LogP contribution >= 0.6 is 11.3 Å². The van der Waals surface area contributed by atoms with Gasteiger partial charge in [-0.3, -0.25) is 4.79 Å². The average Bonchev–Trinajstić information content (AvgIpc) is 3.03. The van der Waals surface area contributed by atoms with E-state index in [2.05, 4.69) is 12.2 Å². The Labute approximate surface area is 166 Å². The number of anilines is 1. The fraction of sp³-hybridized carbons (Fsp3) is 0.526. The summed E-state index contributed by atoms with van der Waals surface area (Å²) in [4.78, 5) is 37.7. The number of fused-ring (bicyclic) bond motifs is 1. The van der Waals surface area contributed by atoms with Gasteiger partial charge in [0.15, 0.2) is 6.61 Å². The number of amides is 1. The van der Waals surface area contributed by atoms with Gasteiger partial charge < -0.3 is 24.3 Å². The molecule has 1 atom stereocenters. The maximum absolute atomic E-state index is 12.4. The third-order valence-corrected chi connectivity index (χ3v) is 5.60. The van der Waals surface area contributed by atoms with E-state index < -0.39 is 24.5 Å². The van der Waals surface area contributed by atoms with Crippen LogP contribution in [0, 0.1) is 5.92 Å². The zero-order valence-electron chi connectivity index (χ0n) is 15.9. The van der Waals surface area contributed by atoms with E-state index in [4.69, 9.17) is 18.9 Å². The van der Waals surface area contributed by atoms with Crippen LogP contribution in [0.2, 0.25) is 0 Å². The molecule has 9 heteroatoms. The van der Waals surface area contributed by atoms with Crippen molar-refractivity contribution in [3.05, 3.63) is 28.0 Å². The van der Waals surface area contributed by atoms with Gasteiger partial charge in [-0.25, -0.2) is 9.59 Å². The molecular formula is C19H23NO7S. The van der Waals surface area contributed by atoms with Gasteiger partial charge in [-0.1, -0.05) is 6.92 Å². The smallest absolute Gasteiger partial charge is 0.377 e. The summed E-state index contributed by atoms with van der Waals surface area (Å²) < 4.78 is 20.2. The molecule has 2 heterocycles. The number of carbonyl (C=O) groups is 3. The van der Waals surface area contributed by atoms with Crippen LogP contribution in [-0.2, 0) is 41.4 Å². The second-order valence-corrected chi connectivity index (χ2v) is 7.71. The van der Waals surface area contributed by atoms with Gasteiger partial charge in [-0.2, -0.15) is 0 Å². The summed E-state index contributed by atoms with van der Waals surface area (Å²) in [6, 6.07) is 0. The summed E-state index contributed by atoms with van der Waals surface area (Å²) in [6.45, 7) is 4.26. The third kappa shape index (κ3) is 4.64. The Bertz CT molecular complexity index is 798. The fourth-order valence-corrected chi connectivity index (χ4v) is 4.51. The molecule has 3 rings (SSSR count). The Morgan fingerprint density at radius 2 is 2.07 bits per heavy atom. The molecule has 0 fully saturated rings. The van der Waals surface area contributed by atoms with Crippen LogP contribution in [0.5, 0.6) is 0 Å². The van der Waals surface area contributed by atoms with Crippen LogP contribution in [0.1, 0.15) is 41.1 Å². The minimum Gasteiger partial charge on any atom is -0.493 e. The van der Waals surface area contributed by atoms with Gasteiger partial charge in [-0.05, 0) is 37.7 Å². The van der Waals surface area contributed by atoms with Gasteiger partial charge in [0.2, 0.25) is 5.76 Å². The van der Waals surface area contributed by atoms with Crippen molar-refractivity contribution in [3.63, 3.8) is 0 Å². The van der Waals surface area contributed by atoms with E-state index in [9.17, 15) is 14.4 Å². The molecule has 1 aliphatic heterocycles. The Morgan fingerprint density at radius 1 is 1.25 bits per heavy atom. The van der Waals surface area contributed by atoms with E-state index >= 15 is 0 Å². The highest BCUT2D eigenvalue weighted by atomic mass is 32.1. The first-order chi connectivity index (χ1) is 13.5. The molecule has 28 heavy (non-hydrogen) atoms. The Kier molecular flexibility index (Phi) is 6.56. The van der Waals surface area contributed by atoms with Crippen molar-refractivity contribution >= 4 is 34.2 Å². The van der Waals surface area contributed by atoms with Crippen molar-refractivity contribution in [1.29, 1.82) is 0 Å². The molecule has 0 aromatic carbocycles. The Balaban J connectivity index is 1.68. The Morgan fingerprint density at radius 3 is 2.79 bits per heavy atom. The third-order valence-electron chi connectivity index (χ3n) is 4.43. The van der Waals surface area contributed by atoms with E-state index in [1.54, 1.807) is 6.92 Å². The number of carbonyl (C=O) groups excluding carboxylic acids is 3. The van der Waals surface area contributed by atoms with Crippen molar-refractivity contribution in [1.82, 2.24) is 0 Å². The molecule has 1 aliphatic carbocycles. The molecule has 1 amide bonds. The molecule has 152 valence electrons. The predicted molar refractivity (Wildman–Crippen MR) is 101 cm³/mol. The largest absolute Gasteiger partial charge is 0.493 e. The Hall–Kier alpha value is -2.55. The average molecular weight is 409 g/mol. The number of nitrogens with one attached hydrogen (secondary N) is 1. The monoisotopic (exact) mass is 409 g/mol. The summed E-state index contributed by atoms with van der Waals surface area (Å²) in [5, 5.41) is 3.13. The van der Waals surface area contributed by atoms with Crippen molar-refractivity contribution in [2.45, 2.75) is 33.1 Å². The molecule has 0 bridgehead atoms. The zero-order valence-corrected chi connectivity index (χ0v) is 16.7. The number of thiophene rings is 1. The molecule has 0 saturated heterocycles. The lowest BCUT2D eigenvalue weighted by atomic mass is 9.88. The van der Waals surface area contributed by atoms with E-state index in [0.717, 1.165) is 36.0 Å². The van der Waals surface area contributed by atoms with E-state index in [1.807, 2.05) is 0 Å². The number of hydrogen-bond acceptors (Lipinski definition) is 8. The molecule has 0 radical (unpaired) electrons. The number of hydrogen-bond donors (Lipinski definition) is 1. The molecular weight excluding hydrogens is 386 g/mol. The van der Waals surface area contributed by atoms with Crippen molar-refractivity contribution in [2.75, 3.05) is 31.7 Å². The SMILES string of the molecule is CCOC(=O)c1c(NC(=O)COC(=O)C2=COCCO2)sc2c1CCC(C)C2. The molecule has 0 spiro atoms. The molecule has 2 aliphatic rings. The minimum absolute atomic E-state index is 0.0770. The van der Waals surface area contributed by atoms with Crippen LogP contribution < -0.4 is 5.32 Å². The van der Waals surface area contributed by atoms with E-state index in [1.165, 1.54) is 11.3 Å². The maximum atomic E-state index is 12.4. The molecule has 1 aromatic heterocycles. The number of rotatable bonds is 6. The molecule has 1 unspecified atom stereocenters. The standard InChI is InChI=1S/C19H23NO7S/c1-3-25-19(23)16-12-5-4-11(2)8-14(12)28-17(16)20-15(21)10-27-18(22)13-9-24-6-7-26-13/h9,11H,3-8,10H2,1-2H3,(H,20,21). The predicted octanol–water partition coefficient (Wildman–Crippen LogP) is 2.42. The zero-order chi connectivity index (χ0) is 20.1. The van der Waals surface area contributed by atoms with Gasteiger partial charge in [0.25, 0.3) is 5.91 Å². The van der Waals surface area contributed by atoms with Crippen LogP contribution in [0.25, 0.3) is 0 Å². The highest BCUT2D eigenvalue weighted by Crippen LogP contribution is 2.40. The quantitative estimate of drug-likeness (QED) is 0.720. The molecule has 8 nitrogen and oxygen atoms in total. The normalized spacial score (nSPS) is 18.1. The minimum atomic E-state index is -0.778. The van der Waals surface area contributed by atoms with Gasteiger partial charge in [0.1, 0.15) is 24.5 Å². The highest BCUT2D eigenvalue weighted by molar-refractivity contribution is 7.17. The molecule has 1 N–H and O–H groups in total. The first-order valence-corrected chi connectivity index (χ1v) is 10.0. The van der Waals surface area contributed by atoms with Crippen molar-refractivity contribution in [2.24, 2.45) is 5.92 Å².